The van der Waals surface area contributed by atoms with Crippen molar-refractivity contribution in [2.75, 3.05) is 19.8 Å². The van der Waals surface area contributed by atoms with Crippen molar-refractivity contribution in [3.8, 4) is 11.5 Å². The van der Waals surface area contributed by atoms with Crippen molar-refractivity contribution in [1.82, 2.24) is 10.9 Å². The topological polar surface area (TPSA) is 103 Å². The van der Waals surface area contributed by atoms with Crippen LogP contribution in [0.25, 0.3) is 0 Å². The van der Waals surface area contributed by atoms with E-state index < -0.39 is 30.2 Å². The van der Waals surface area contributed by atoms with Gasteiger partial charge >= 0.3 is 5.97 Å². The fourth-order valence-corrected chi connectivity index (χ4v) is 2.27. The highest BCUT2D eigenvalue weighted by Crippen LogP contribution is 2.28. The molecule has 0 bridgehead atoms. The van der Waals surface area contributed by atoms with E-state index in [4.69, 9.17) is 14.2 Å². The van der Waals surface area contributed by atoms with Gasteiger partial charge in [-0.25, -0.2) is 9.18 Å². The third kappa shape index (κ3) is 6.20. The minimum atomic E-state index is -0.837. The van der Waals surface area contributed by atoms with Crippen LogP contribution < -0.4 is 20.3 Å². The number of carbonyl (C=O) groups is 3. The van der Waals surface area contributed by atoms with E-state index in [2.05, 4.69) is 0 Å². The van der Waals surface area contributed by atoms with Crippen molar-refractivity contribution in [2.24, 2.45) is 0 Å². The molecule has 8 nitrogen and oxygen atoms in total. The number of benzene rings is 2. The molecule has 0 aliphatic heterocycles. The molecular weight excluding hydrogens is 383 g/mol. The van der Waals surface area contributed by atoms with Crippen LogP contribution in [-0.2, 0) is 9.53 Å². The molecule has 0 saturated heterocycles. The molecule has 0 atom stereocenters. The fourth-order valence-electron chi connectivity index (χ4n) is 2.27. The molecule has 2 N–H and O–H groups in total. The summed E-state index contributed by atoms with van der Waals surface area (Å²) in [6.45, 7) is 3.78. The first-order valence-corrected chi connectivity index (χ1v) is 8.86. The first kappa shape index (κ1) is 21.7. The molecule has 0 heterocycles. The van der Waals surface area contributed by atoms with E-state index in [0.717, 1.165) is 6.07 Å². The molecular formula is C20H21FN2O6. The average molecular weight is 404 g/mol. The summed E-state index contributed by atoms with van der Waals surface area (Å²) in [5.41, 5.74) is 4.02. The van der Waals surface area contributed by atoms with Gasteiger partial charge in [-0.3, -0.25) is 20.4 Å². The fraction of sp³-hybridized carbons (Fsp3) is 0.250. The SMILES string of the molecule is CCOc1ccc(C(=O)OCC(=O)NNC(=O)c2ccccc2F)cc1OCC. The molecule has 154 valence electrons. The highest BCUT2D eigenvalue weighted by molar-refractivity contribution is 5.96. The number of carbonyl (C=O) groups excluding carboxylic acids is 3. The molecule has 0 aromatic heterocycles. The summed E-state index contributed by atoms with van der Waals surface area (Å²) < 4.78 is 29.3. The van der Waals surface area contributed by atoms with Gasteiger partial charge in [-0.2, -0.15) is 0 Å². The number of nitrogens with one attached hydrogen (secondary N) is 2. The van der Waals surface area contributed by atoms with Gasteiger partial charge in [0.1, 0.15) is 5.82 Å². The number of halogens is 1. The van der Waals surface area contributed by atoms with Crippen molar-refractivity contribution in [3.05, 3.63) is 59.4 Å². The van der Waals surface area contributed by atoms with Gasteiger partial charge in [0, 0.05) is 0 Å². The lowest BCUT2D eigenvalue weighted by Crippen LogP contribution is -2.43. The Bertz CT molecular complexity index is 887. The van der Waals surface area contributed by atoms with Crippen molar-refractivity contribution < 1.29 is 33.0 Å². The van der Waals surface area contributed by atoms with Crippen LogP contribution in [0.2, 0.25) is 0 Å². The Labute approximate surface area is 166 Å². The zero-order valence-electron chi connectivity index (χ0n) is 16.0. The third-order valence-electron chi connectivity index (χ3n) is 3.55. The Morgan fingerprint density at radius 3 is 2.31 bits per heavy atom. The Balaban J connectivity index is 1.88. The van der Waals surface area contributed by atoms with Gasteiger partial charge in [0.2, 0.25) is 0 Å². The maximum absolute atomic E-state index is 13.5. The van der Waals surface area contributed by atoms with Crippen LogP contribution in [0.15, 0.2) is 42.5 Å². The summed E-state index contributed by atoms with van der Waals surface area (Å²) in [4.78, 5) is 35.7. The summed E-state index contributed by atoms with van der Waals surface area (Å²) in [5.74, 6) is -2.25. The molecule has 0 fully saturated rings. The van der Waals surface area contributed by atoms with Crippen LogP contribution in [0.5, 0.6) is 11.5 Å². The number of rotatable bonds is 8. The van der Waals surface area contributed by atoms with E-state index in [9.17, 15) is 18.8 Å². The van der Waals surface area contributed by atoms with Crippen molar-refractivity contribution in [3.63, 3.8) is 0 Å². The first-order valence-electron chi connectivity index (χ1n) is 8.86. The smallest absolute Gasteiger partial charge is 0.338 e. The Morgan fingerprint density at radius 2 is 1.62 bits per heavy atom. The summed E-state index contributed by atoms with van der Waals surface area (Å²) in [7, 11) is 0. The average Bonchev–Trinajstić information content (AvgIpc) is 2.72. The molecule has 0 unspecified atom stereocenters. The van der Waals surface area contributed by atoms with Gasteiger partial charge < -0.3 is 14.2 Å². The standard InChI is InChI=1S/C20H21FN2O6/c1-3-27-16-10-9-13(11-17(16)28-4-2)20(26)29-12-18(24)22-23-19(25)14-7-5-6-8-15(14)21/h5-11H,3-4,12H2,1-2H3,(H,22,24)(H,23,25). The zero-order chi connectivity index (χ0) is 21.2. The number of amides is 2. The summed E-state index contributed by atoms with van der Waals surface area (Å²) >= 11 is 0. The van der Waals surface area contributed by atoms with E-state index in [0.29, 0.717) is 24.7 Å². The minimum absolute atomic E-state index is 0.167. The summed E-state index contributed by atoms with van der Waals surface area (Å²) in [5, 5.41) is 0. The summed E-state index contributed by atoms with van der Waals surface area (Å²) in [6.07, 6.45) is 0. The Kier molecular flexibility index (Phi) is 7.96. The number of hydrogen-bond acceptors (Lipinski definition) is 6. The highest BCUT2D eigenvalue weighted by atomic mass is 19.1. The maximum atomic E-state index is 13.5. The molecule has 2 rings (SSSR count). The van der Waals surface area contributed by atoms with E-state index in [-0.39, 0.29) is 11.1 Å². The number of esters is 1. The van der Waals surface area contributed by atoms with Crippen LogP contribution >= 0.6 is 0 Å². The third-order valence-corrected chi connectivity index (χ3v) is 3.55. The molecule has 0 saturated carbocycles. The zero-order valence-corrected chi connectivity index (χ0v) is 16.0. The lowest BCUT2D eigenvalue weighted by Gasteiger charge is -2.12. The van der Waals surface area contributed by atoms with Gasteiger partial charge in [-0.15, -0.1) is 0 Å². The van der Waals surface area contributed by atoms with E-state index >= 15 is 0 Å². The Hall–Kier alpha value is -3.62. The number of ether oxygens (including phenoxy) is 3. The Morgan fingerprint density at radius 1 is 0.931 bits per heavy atom. The van der Waals surface area contributed by atoms with Crippen molar-refractivity contribution in [1.29, 1.82) is 0 Å². The van der Waals surface area contributed by atoms with Crippen molar-refractivity contribution in [2.45, 2.75) is 13.8 Å². The predicted molar refractivity (Wildman–Crippen MR) is 101 cm³/mol. The largest absolute Gasteiger partial charge is 0.490 e. The normalized spacial score (nSPS) is 10.0. The van der Waals surface area contributed by atoms with E-state index in [1.165, 1.54) is 30.3 Å². The van der Waals surface area contributed by atoms with Gasteiger partial charge in [0.25, 0.3) is 11.8 Å². The highest BCUT2D eigenvalue weighted by Gasteiger charge is 2.15. The molecule has 2 amide bonds. The number of hydrazine groups is 1. The van der Waals surface area contributed by atoms with E-state index in [1.807, 2.05) is 17.8 Å². The second-order valence-corrected chi connectivity index (χ2v) is 5.59. The lowest BCUT2D eigenvalue weighted by molar-refractivity contribution is -0.125. The minimum Gasteiger partial charge on any atom is -0.490 e. The molecule has 2 aromatic rings. The molecule has 9 heteroatoms. The first-order chi connectivity index (χ1) is 14.0. The van der Waals surface area contributed by atoms with Crippen molar-refractivity contribution >= 4 is 17.8 Å². The summed E-state index contributed by atoms with van der Waals surface area (Å²) in [6, 6.07) is 9.80. The van der Waals surface area contributed by atoms with Crippen LogP contribution in [0.1, 0.15) is 34.6 Å². The lowest BCUT2D eigenvalue weighted by atomic mass is 10.2. The van der Waals surface area contributed by atoms with Crippen LogP contribution in [0.4, 0.5) is 4.39 Å². The second-order valence-electron chi connectivity index (χ2n) is 5.59. The second kappa shape index (κ2) is 10.6. The van der Waals surface area contributed by atoms with Crippen LogP contribution in [-0.4, -0.2) is 37.6 Å². The van der Waals surface area contributed by atoms with Gasteiger partial charge in [0.15, 0.2) is 18.1 Å². The van der Waals surface area contributed by atoms with Gasteiger partial charge in [0.05, 0.1) is 24.3 Å². The van der Waals surface area contributed by atoms with Gasteiger partial charge in [-0.1, -0.05) is 12.1 Å². The molecule has 0 aliphatic carbocycles. The maximum Gasteiger partial charge on any atom is 0.338 e. The quantitative estimate of drug-likeness (QED) is 0.517. The molecule has 0 spiro atoms. The van der Waals surface area contributed by atoms with E-state index in [1.54, 1.807) is 13.0 Å². The molecule has 29 heavy (non-hydrogen) atoms. The molecule has 0 aliphatic rings. The van der Waals surface area contributed by atoms with Gasteiger partial charge in [-0.05, 0) is 44.2 Å². The van der Waals surface area contributed by atoms with Crippen LogP contribution in [0, 0.1) is 5.82 Å². The number of hydrogen-bond donors (Lipinski definition) is 2. The predicted octanol–water partition coefficient (Wildman–Crippen LogP) is 2.24. The van der Waals surface area contributed by atoms with Crippen LogP contribution in [0.3, 0.4) is 0 Å². The monoisotopic (exact) mass is 404 g/mol. The molecule has 2 aromatic carbocycles. The molecule has 0 radical (unpaired) electrons.